The van der Waals surface area contributed by atoms with Crippen LogP contribution in [0.25, 0.3) is 11.0 Å². The van der Waals surface area contributed by atoms with Crippen LogP contribution in [-0.4, -0.2) is 18.0 Å². The van der Waals surface area contributed by atoms with E-state index in [1.807, 2.05) is 32.0 Å². The quantitative estimate of drug-likeness (QED) is 0.655. The van der Waals surface area contributed by atoms with Crippen LogP contribution in [0.2, 0.25) is 0 Å². The lowest BCUT2D eigenvalue weighted by Gasteiger charge is -2.22. The summed E-state index contributed by atoms with van der Waals surface area (Å²) in [4.78, 5) is 14.9. The van der Waals surface area contributed by atoms with E-state index in [2.05, 4.69) is 18.7 Å². The molecule has 0 aliphatic rings. The first kappa shape index (κ1) is 17.7. The number of aryl methyl sites for hydroxylation is 2. The van der Waals surface area contributed by atoms with Gasteiger partial charge in [0.05, 0.1) is 5.56 Å². The van der Waals surface area contributed by atoms with Gasteiger partial charge in [0.25, 0.3) is 0 Å². The number of hydrogen-bond acceptors (Lipinski definition) is 3. The van der Waals surface area contributed by atoms with E-state index in [-0.39, 0.29) is 5.63 Å². The van der Waals surface area contributed by atoms with Crippen molar-refractivity contribution in [3.63, 3.8) is 0 Å². The Morgan fingerprint density at radius 2 is 1.70 bits per heavy atom. The predicted molar refractivity (Wildman–Crippen MR) is 97.1 cm³/mol. The topological polar surface area (TPSA) is 33.5 Å². The number of rotatable bonds is 8. The Hall–Kier alpha value is -1.61. The van der Waals surface area contributed by atoms with Gasteiger partial charge < -0.3 is 4.42 Å². The molecule has 3 nitrogen and oxygen atoms in total. The molecular weight excluding hydrogens is 286 g/mol. The summed E-state index contributed by atoms with van der Waals surface area (Å²) >= 11 is 0. The molecule has 126 valence electrons. The summed E-state index contributed by atoms with van der Waals surface area (Å²) in [5.74, 6) is 0. The fraction of sp³-hybridized carbons (Fsp3) is 0.550. The highest BCUT2D eigenvalue weighted by atomic mass is 16.4. The number of unbranched alkanes of at least 4 members (excludes halogenated alkanes) is 2. The fourth-order valence-electron chi connectivity index (χ4n) is 2.99. The highest BCUT2D eigenvalue weighted by molar-refractivity contribution is 5.83. The first-order valence-corrected chi connectivity index (χ1v) is 8.82. The van der Waals surface area contributed by atoms with Crippen LogP contribution in [0.1, 0.15) is 56.2 Å². The number of benzene rings is 1. The summed E-state index contributed by atoms with van der Waals surface area (Å²) in [6.07, 6.45) is 4.68. The second-order valence-electron chi connectivity index (χ2n) is 6.43. The van der Waals surface area contributed by atoms with Crippen LogP contribution in [0, 0.1) is 13.8 Å². The molecule has 0 amide bonds. The van der Waals surface area contributed by atoms with Crippen molar-refractivity contribution < 1.29 is 4.42 Å². The van der Waals surface area contributed by atoms with Gasteiger partial charge in [0.1, 0.15) is 5.58 Å². The van der Waals surface area contributed by atoms with Crippen molar-refractivity contribution >= 4 is 11.0 Å². The minimum Gasteiger partial charge on any atom is -0.422 e. The lowest BCUT2D eigenvalue weighted by atomic mass is 10.0. The van der Waals surface area contributed by atoms with Gasteiger partial charge in [-0.2, -0.15) is 0 Å². The maximum Gasteiger partial charge on any atom is 0.341 e. The smallest absolute Gasteiger partial charge is 0.341 e. The van der Waals surface area contributed by atoms with E-state index >= 15 is 0 Å². The number of nitrogens with zero attached hydrogens (tertiary/aromatic N) is 1. The molecule has 0 saturated heterocycles. The van der Waals surface area contributed by atoms with Gasteiger partial charge in [-0.3, -0.25) is 4.90 Å². The van der Waals surface area contributed by atoms with E-state index in [9.17, 15) is 4.79 Å². The van der Waals surface area contributed by atoms with Gasteiger partial charge in [-0.1, -0.05) is 44.9 Å². The van der Waals surface area contributed by atoms with E-state index in [0.29, 0.717) is 6.54 Å². The Morgan fingerprint density at radius 3 is 2.30 bits per heavy atom. The third-order valence-electron chi connectivity index (χ3n) is 4.55. The minimum absolute atomic E-state index is 0.178. The average molecular weight is 315 g/mol. The standard InChI is InChI=1S/C20H29NO2/c1-5-7-12-21(13-8-6-2)14-18-16(4)17-11-9-10-15(3)19(17)23-20(18)22/h9-11H,5-8,12-14H2,1-4H3. The van der Waals surface area contributed by atoms with Crippen molar-refractivity contribution in [3.05, 3.63) is 45.3 Å². The molecule has 0 fully saturated rings. The largest absolute Gasteiger partial charge is 0.422 e. The molecule has 0 spiro atoms. The lowest BCUT2D eigenvalue weighted by molar-refractivity contribution is 0.253. The molecule has 1 aromatic carbocycles. The Kier molecular flexibility index (Phi) is 6.40. The average Bonchev–Trinajstić information content (AvgIpc) is 2.54. The van der Waals surface area contributed by atoms with Crippen molar-refractivity contribution in [2.75, 3.05) is 13.1 Å². The highest BCUT2D eigenvalue weighted by Gasteiger charge is 2.15. The van der Waals surface area contributed by atoms with Crippen LogP contribution in [0.5, 0.6) is 0 Å². The zero-order chi connectivity index (χ0) is 16.8. The number of hydrogen-bond donors (Lipinski definition) is 0. The highest BCUT2D eigenvalue weighted by Crippen LogP contribution is 2.23. The van der Waals surface area contributed by atoms with E-state index in [1.165, 1.54) is 25.7 Å². The van der Waals surface area contributed by atoms with Crippen LogP contribution < -0.4 is 5.63 Å². The summed E-state index contributed by atoms with van der Waals surface area (Å²) in [5, 5.41) is 1.06. The molecular formula is C20H29NO2. The Bertz CT molecular complexity index is 695. The zero-order valence-corrected chi connectivity index (χ0v) is 14.9. The molecule has 3 heteroatoms. The van der Waals surface area contributed by atoms with Gasteiger partial charge in [0.15, 0.2) is 0 Å². The van der Waals surface area contributed by atoms with Crippen molar-refractivity contribution in [1.29, 1.82) is 0 Å². The number of fused-ring (bicyclic) bond motifs is 1. The molecule has 0 aliphatic carbocycles. The third kappa shape index (κ3) is 4.23. The molecule has 0 saturated carbocycles. The maximum atomic E-state index is 12.5. The fourth-order valence-corrected chi connectivity index (χ4v) is 2.99. The monoisotopic (exact) mass is 315 g/mol. The van der Waals surface area contributed by atoms with Crippen LogP contribution in [0.3, 0.4) is 0 Å². The maximum absolute atomic E-state index is 12.5. The Labute approximate surface area is 139 Å². The molecule has 0 N–H and O–H groups in total. The van der Waals surface area contributed by atoms with E-state index in [4.69, 9.17) is 4.42 Å². The van der Waals surface area contributed by atoms with Crippen molar-refractivity contribution in [3.8, 4) is 0 Å². The van der Waals surface area contributed by atoms with Crippen LogP contribution >= 0.6 is 0 Å². The second-order valence-corrected chi connectivity index (χ2v) is 6.43. The predicted octanol–water partition coefficient (Wildman–Crippen LogP) is 4.81. The van der Waals surface area contributed by atoms with Gasteiger partial charge in [0.2, 0.25) is 0 Å². The lowest BCUT2D eigenvalue weighted by Crippen LogP contribution is -2.29. The summed E-state index contributed by atoms with van der Waals surface area (Å²) in [7, 11) is 0. The summed E-state index contributed by atoms with van der Waals surface area (Å²) < 4.78 is 5.63. The van der Waals surface area contributed by atoms with Crippen molar-refractivity contribution in [1.82, 2.24) is 4.90 Å². The molecule has 0 unspecified atom stereocenters. The molecule has 1 heterocycles. The van der Waals surface area contributed by atoms with Gasteiger partial charge in [-0.15, -0.1) is 0 Å². The first-order valence-electron chi connectivity index (χ1n) is 8.82. The molecule has 0 bridgehead atoms. The van der Waals surface area contributed by atoms with Crippen LogP contribution in [0.15, 0.2) is 27.4 Å². The first-order chi connectivity index (χ1) is 11.1. The minimum atomic E-state index is -0.178. The van der Waals surface area contributed by atoms with Gasteiger partial charge in [-0.25, -0.2) is 4.79 Å². The van der Waals surface area contributed by atoms with Gasteiger partial charge >= 0.3 is 5.63 Å². The Balaban J connectivity index is 2.35. The van der Waals surface area contributed by atoms with E-state index in [1.54, 1.807) is 0 Å². The SMILES string of the molecule is CCCCN(CCCC)Cc1c(C)c2cccc(C)c2oc1=O. The Morgan fingerprint density at radius 1 is 1.04 bits per heavy atom. The van der Waals surface area contributed by atoms with Gasteiger partial charge in [0, 0.05) is 11.9 Å². The van der Waals surface area contributed by atoms with Crippen molar-refractivity contribution in [2.45, 2.75) is 59.9 Å². The molecule has 1 aromatic heterocycles. The zero-order valence-electron chi connectivity index (χ0n) is 14.9. The molecule has 0 aliphatic heterocycles. The van der Waals surface area contributed by atoms with Crippen LogP contribution in [0.4, 0.5) is 0 Å². The summed E-state index contributed by atoms with van der Waals surface area (Å²) in [6.45, 7) is 11.2. The second kappa shape index (κ2) is 8.30. The molecule has 0 radical (unpaired) electrons. The van der Waals surface area contributed by atoms with Crippen molar-refractivity contribution in [2.24, 2.45) is 0 Å². The number of para-hydroxylation sites is 1. The van der Waals surface area contributed by atoms with Gasteiger partial charge in [-0.05, 0) is 50.9 Å². The molecule has 2 rings (SSSR count). The molecule has 23 heavy (non-hydrogen) atoms. The third-order valence-corrected chi connectivity index (χ3v) is 4.55. The van der Waals surface area contributed by atoms with E-state index < -0.39 is 0 Å². The summed E-state index contributed by atoms with van der Waals surface area (Å²) in [6, 6.07) is 6.06. The molecule has 0 atom stereocenters. The van der Waals surface area contributed by atoms with E-state index in [0.717, 1.165) is 40.7 Å². The summed E-state index contributed by atoms with van der Waals surface area (Å²) in [5.41, 5.74) is 3.45. The normalized spacial score (nSPS) is 11.5. The molecule has 2 aromatic rings. The van der Waals surface area contributed by atoms with Crippen LogP contribution in [-0.2, 0) is 6.54 Å².